The van der Waals surface area contributed by atoms with E-state index in [0.717, 1.165) is 0 Å². The lowest BCUT2D eigenvalue weighted by atomic mass is 10.3. The minimum atomic E-state index is -3.64. The van der Waals surface area contributed by atoms with Crippen molar-refractivity contribution in [1.29, 1.82) is 0 Å². The highest BCUT2D eigenvalue weighted by Crippen LogP contribution is 2.48. The number of ether oxygens (including phenoxy) is 1. The number of hydrogen-bond donors (Lipinski definition) is 1. The normalized spacial score (nSPS) is 11.0. The minimum absolute atomic E-state index is 0.0531. The number of anilines is 1. The predicted molar refractivity (Wildman–Crippen MR) is 127 cm³/mol. The maximum absolute atomic E-state index is 13.6. The van der Waals surface area contributed by atoms with Crippen LogP contribution in [0.1, 0.15) is 0 Å². The van der Waals surface area contributed by atoms with E-state index in [2.05, 4.69) is 20.3 Å². The second-order valence-corrected chi connectivity index (χ2v) is 9.12. The van der Waals surface area contributed by atoms with E-state index in [0.29, 0.717) is 22.9 Å². The van der Waals surface area contributed by atoms with Crippen LogP contribution in [0.5, 0.6) is 23.3 Å². The molecular weight excluding hydrogens is 486 g/mol. The van der Waals surface area contributed by atoms with Gasteiger partial charge in [-0.15, -0.1) is 0 Å². The molecule has 0 aliphatic heterocycles. The summed E-state index contributed by atoms with van der Waals surface area (Å²) in [7, 11) is -3.64. The number of nitrogens with zero attached hydrogens (tertiary/aromatic N) is 3. The van der Waals surface area contributed by atoms with Crippen molar-refractivity contribution in [3.8, 4) is 23.3 Å². The molecule has 11 heteroatoms. The van der Waals surface area contributed by atoms with E-state index in [4.69, 9.17) is 37.0 Å². The summed E-state index contributed by atoms with van der Waals surface area (Å²) in [6, 6.07) is 24.5. The van der Waals surface area contributed by atoms with Crippen molar-refractivity contribution in [1.82, 2.24) is 15.0 Å². The van der Waals surface area contributed by atoms with Crippen LogP contribution < -0.4 is 19.1 Å². The summed E-state index contributed by atoms with van der Waals surface area (Å²) in [5, 5.41) is 2.90. The molecule has 8 nitrogen and oxygen atoms in total. The number of para-hydroxylation sites is 2. The van der Waals surface area contributed by atoms with E-state index in [-0.39, 0.29) is 22.9 Å². The van der Waals surface area contributed by atoms with Crippen molar-refractivity contribution in [2.24, 2.45) is 0 Å². The average Bonchev–Trinajstić information content (AvgIpc) is 2.79. The quantitative estimate of drug-likeness (QED) is 0.253. The molecule has 1 aromatic heterocycles. The Bertz CT molecular complexity index is 1200. The fourth-order valence-corrected chi connectivity index (χ4v) is 4.46. The summed E-state index contributed by atoms with van der Waals surface area (Å²) in [6.45, 7) is 0. The van der Waals surface area contributed by atoms with E-state index < -0.39 is 7.60 Å². The largest absolute Gasteiger partial charge is 0.449 e. The van der Waals surface area contributed by atoms with Crippen molar-refractivity contribution in [3.63, 3.8) is 0 Å². The molecule has 0 saturated carbocycles. The van der Waals surface area contributed by atoms with E-state index in [1.165, 1.54) is 0 Å². The summed E-state index contributed by atoms with van der Waals surface area (Å²) in [5.74, 6) is 1.26. The zero-order valence-corrected chi connectivity index (χ0v) is 19.4. The predicted octanol–water partition coefficient (Wildman–Crippen LogP) is 6.69. The Hall–Kier alpha value is -3.32. The first-order valence-corrected chi connectivity index (χ1v) is 12.1. The SMILES string of the molecule is O=P(CNc1cccc(Oc2nc(Cl)nc(Cl)n2)c1)(Oc1ccccc1)Oc1ccccc1. The van der Waals surface area contributed by atoms with Crippen molar-refractivity contribution < 1.29 is 18.3 Å². The molecule has 4 rings (SSSR count). The van der Waals surface area contributed by atoms with Crippen LogP contribution in [0.25, 0.3) is 0 Å². The molecule has 0 radical (unpaired) electrons. The highest BCUT2D eigenvalue weighted by molar-refractivity contribution is 7.54. The zero-order chi connectivity index (χ0) is 23.1. The topological polar surface area (TPSA) is 95.5 Å². The smallest absolute Gasteiger partial charge is 0.424 e. The molecule has 4 aromatic rings. The molecule has 1 N–H and O–H groups in total. The number of halogens is 2. The van der Waals surface area contributed by atoms with Crippen molar-refractivity contribution in [2.75, 3.05) is 11.6 Å². The summed E-state index contributed by atoms with van der Waals surface area (Å²) in [4.78, 5) is 11.4. The molecule has 0 unspecified atom stereocenters. The van der Waals surface area contributed by atoms with Crippen LogP contribution in [0.15, 0.2) is 84.9 Å². The Morgan fingerprint density at radius 3 is 1.85 bits per heavy atom. The van der Waals surface area contributed by atoms with E-state index in [1.807, 2.05) is 12.1 Å². The second-order valence-electron chi connectivity index (χ2n) is 6.54. The monoisotopic (exact) mass is 502 g/mol. The third-order valence-electron chi connectivity index (χ3n) is 4.06. The van der Waals surface area contributed by atoms with E-state index >= 15 is 0 Å². The number of rotatable bonds is 9. The van der Waals surface area contributed by atoms with Crippen LogP contribution in [-0.4, -0.2) is 21.2 Å². The molecule has 0 fully saturated rings. The van der Waals surface area contributed by atoms with Crippen LogP contribution in [-0.2, 0) is 4.57 Å². The van der Waals surface area contributed by atoms with Gasteiger partial charge in [-0.05, 0) is 59.6 Å². The van der Waals surface area contributed by atoms with E-state index in [1.54, 1.807) is 72.8 Å². The lowest BCUT2D eigenvalue weighted by Crippen LogP contribution is -2.12. The number of aromatic nitrogens is 3. The van der Waals surface area contributed by atoms with E-state index in [9.17, 15) is 4.57 Å². The number of benzene rings is 3. The lowest BCUT2D eigenvalue weighted by Gasteiger charge is -2.21. The van der Waals surface area contributed by atoms with Gasteiger partial charge in [-0.1, -0.05) is 42.5 Å². The Balaban J connectivity index is 1.50. The highest BCUT2D eigenvalue weighted by atomic mass is 35.5. The fraction of sp³-hybridized carbons (Fsp3) is 0.0455. The summed E-state index contributed by atoms with van der Waals surface area (Å²) in [5.41, 5.74) is 0.604. The standard InChI is InChI=1S/C22H17Cl2N4O4P/c23-20-26-21(24)28-22(27-20)30-19-13-7-8-16(14-19)25-15-33(29,31-17-9-3-1-4-10-17)32-18-11-5-2-6-12-18/h1-14,25H,15H2. The Morgan fingerprint density at radius 1 is 0.727 bits per heavy atom. The van der Waals surface area contributed by atoms with Gasteiger partial charge >= 0.3 is 13.6 Å². The maximum atomic E-state index is 13.6. The Labute approximate surface area is 200 Å². The Morgan fingerprint density at radius 2 is 1.27 bits per heavy atom. The fourth-order valence-electron chi connectivity index (χ4n) is 2.68. The van der Waals surface area contributed by atoms with Gasteiger partial charge in [0, 0.05) is 11.8 Å². The average molecular weight is 503 g/mol. The van der Waals surface area contributed by atoms with Crippen molar-refractivity contribution in [3.05, 3.63) is 95.5 Å². The first-order valence-electron chi connectivity index (χ1n) is 9.65. The Kier molecular flexibility index (Phi) is 7.29. The van der Waals surface area contributed by atoms with Crippen molar-refractivity contribution >= 4 is 36.5 Å². The molecule has 0 amide bonds. The molecule has 1 heterocycles. The van der Waals surface area contributed by atoms with Crippen LogP contribution >= 0.6 is 30.8 Å². The number of nitrogens with one attached hydrogen (secondary N) is 1. The molecule has 33 heavy (non-hydrogen) atoms. The summed E-state index contributed by atoms with van der Waals surface area (Å²) >= 11 is 11.6. The van der Waals surface area contributed by atoms with Gasteiger partial charge in [-0.3, -0.25) is 0 Å². The second kappa shape index (κ2) is 10.5. The zero-order valence-electron chi connectivity index (χ0n) is 17.0. The molecule has 0 bridgehead atoms. The van der Waals surface area contributed by atoms with Gasteiger partial charge in [0.1, 0.15) is 23.5 Å². The lowest BCUT2D eigenvalue weighted by molar-refractivity contribution is 0.388. The van der Waals surface area contributed by atoms with Gasteiger partial charge < -0.3 is 19.1 Å². The van der Waals surface area contributed by atoms with Gasteiger partial charge in [0.2, 0.25) is 10.6 Å². The molecule has 0 atom stereocenters. The van der Waals surface area contributed by atoms with Gasteiger partial charge in [0.25, 0.3) is 0 Å². The van der Waals surface area contributed by atoms with Crippen LogP contribution in [0, 0.1) is 0 Å². The first kappa shape index (κ1) is 22.9. The summed E-state index contributed by atoms with van der Waals surface area (Å²) in [6.07, 6.45) is -0.107. The molecular formula is C22H17Cl2N4O4P. The van der Waals surface area contributed by atoms with Crippen molar-refractivity contribution in [2.45, 2.75) is 0 Å². The maximum Gasteiger partial charge on any atom is 0.449 e. The van der Waals surface area contributed by atoms with Gasteiger partial charge in [0.15, 0.2) is 0 Å². The van der Waals surface area contributed by atoms with Crippen LogP contribution in [0.3, 0.4) is 0 Å². The molecule has 3 aromatic carbocycles. The molecule has 0 spiro atoms. The third-order valence-corrected chi connectivity index (χ3v) is 5.92. The van der Waals surface area contributed by atoms with Crippen LogP contribution in [0.2, 0.25) is 10.6 Å². The molecule has 168 valence electrons. The number of hydrogen-bond acceptors (Lipinski definition) is 8. The summed E-state index contributed by atoms with van der Waals surface area (Å²) < 4.78 is 30.7. The molecule has 0 saturated heterocycles. The van der Waals surface area contributed by atoms with Gasteiger partial charge in [0.05, 0.1) is 0 Å². The first-order chi connectivity index (χ1) is 16.0. The minimum Gasteiger partial charge on any atom is -0.424 e. The van der Waals surface area contributed by atoms with Crippen LogP contribution in [0.4, 0.5) is 5.69 Å². The molecule has 0 aliphatic carbocycles. The molecule has 0 aliphatic rings. The van der Waals surface area contributed by atoms with Gasteiger partial charge in [-0.2, -0.15) is 15.0 Å². The highest BCUT2D eigenvalue weighted by Gasteiger charge is 2.28. The van der Waals surface area contributed by atoms with Gasteiger partial charge in [-0.25, -0.2) is 4.57 Å². The third kappa shape index (κ3) is 6.83.